The van der Waals surface area contributed by atoms with Gasteiger partial charge in [0.15, 0.2) is 0 Å². The van der Waals surface area contributed by atoms with Gasteiger partial charge in [-0.25, -0.2) is 0 Å². The van der Waals surface area contributed by atoms with Gasteiger partial charge in [0.25, 0.3) is 0 Å². The number of amides is 1. The highest BCUT2D eigenvalue weighted by atomic mass is 16.7. The summed E-state index contributed by atoms with van der Waals surface area (Å²) in [5, 5.41) is 32.0. The molecule has 0 aliphatic carbocycles. The van der Waals surface area contributed by atoms with Crippen molar-refractivity contribution in [3.63, 3.8) is 0 Å². The number of hydrogen-bond donors (Lipinski definition) is 4. The van der Waals surface area contributed by atoms with Gasteiger partial charge in [-0.15, -0.1) is 0 Å². The zero-order chi connectivity index (χ0) is 17.1. The minimum Gasteiger partial charge on any atom is -0.462 e. The van der Waals surface area contributed by atoms with E-state index in [1.54, 1.807) is 0 Å². The highest BCUT2D eigenvalue weighted by Gasteiger charge is 2.46. The average Bonchev–Trinajstić information content (AvgIpc) is 2.49. The summed E-state index contributed by atoms with van der Waals surface area (Å²) < 4.78 is 11.3. The summed E-state index contributed by atoms with van der Waals surface area (Å²) in [4.78, 5) is 11.4. The van der Waals surface area contributed by atoms with E-state index in [-0.39, 0.29) is 5.91 Å². The summed E-state index contributed by atoms with van der Waals surface area (Å²) in [5.41, 5.74) is 1.85. The van der Waals surface area contributed by atoms with E-state index in [4.69, 9.17) is 9.47 Å². The van der Waals surface area contributed by atoms with Gasteiger partial charge >= 0.3 is 0 Å². The predicted molar refractivity (Wildman–Crippen MR) is 81.9 cm³/mol. The molecular formula is C16H23NO6. The van der Waals surface area contributed by atoms with Crippen molar-refractivity contribution in [2.75, 3.05) is 6.61 Å². The van der Waals surface area contributed by atoms with E-state index < -0.39 is 37.3 Å². The Balaban J connectivity index is 2.27. The lowest BCUT2D eigenvalue weighted by molar-refractivity contribution is -0.244. The fourth-order valence-electron chi connectivity index (χ4n) is 2.53. The lowest BCUT2D eigenvalue weighted by atomic mass is 9.97. The van der Waals surface area contributed by atoms with Gasteiger partial charge in [0.2, 0.25) is 12.2 Å². The molecule has 128 valence electrons. The molecule has 0 radical (unpaired) electrons. The molecular weight excluding hydrogens is 302 g/mol. The SMILES string of the molecule is CC(=O)N[C@@H]1[C@H](Oc2cc(C)ccc2C)O[C@H](CO)[C@H](O)[C@H]1O. The van der Waals surface area contributed by atoms with Crippen molar-refractivity contribution in [3.8, 4) is 5.75 Å². The number of nitrogens with one attached hydrogen (secondary N) is 1. The smallest absolute Gasteiger partial charge is 0.223 e. The molecule has 0 bridgehead atoms. The molecule has 1 saturated heterocycles. The number of carbonyl (C=O) groups excluding carboxylic acids is 1. The van der Waals surface area contributed by atoms with E-state index in [1.165, 1.54) is 6.92 Å². The standard InChI is InChI=1S/C16H23NO6/c1-8-4-5-9(2)11(6-8)22-16-13(17-10(3)19)15(21)14(20)12(7-18)23-16/h4-6,12-16,18,20-21H,7H2,1-3H3,(H,17,19)/t12-,13+,14+,15+,16-/m1/s1. The third-order valence-corrected chi connectivity index (χ3v) is 3.84. The Hall–Kier alpha value is -1.67. The Morgan fingerprint density at radius 1 is 1.30 bits per heavy atom. The number of rotatable bonds is 4. The van der Waals surface area contributed by atoms with Crippen LogP contribution in [0.2, 0.25) is 0 Å². The molecule has 4 N–H and O–H groups in total. The lowest BCUT2D eigenvalue weighted by Gasteiger charge is -2.42. The molecule has 0 unspecified atom stereocenters. The van der Waals surface area contributed by atoms with Crippen LogP contribution in [-0.2, 0) is 9.53 Å². The Morgan fingerprint density at radius 2 is 2.00 bits per heavy atom. The molecule has 1 amide bonds. The van der Waals surface area contributed by atoms with Crippen LogP contribution >= 0.6 is 0 Å². The van der Waals surface area contributed by atoms with Gasteiger partial charge < -0.3 is 30.1 Å². The number of hydrogen-bond acceptors (Lipinski definition) is 6. The molecule has 5 atom stereocenters. The van der Waals surface area contributed by atoms with Gasteiger partial charge in [-0.2, -0.15) is 0 Å². The summed E-state index contributed by atoms with van der Waals surface area (Å²) >= 11 is 0. The third kappa shape index (κ3) is 4.00. The minimum absolute atomic E-state index is 0.387. The summed E-state index contributed by atoms with van der Waals surface area (Å²) in [6, 6.07) is 4.68. The number of aliphatic hydroxyl groups excluding tert-OH is 3. The predicted octanol–water partition coefficient (Wildman–Crippen LogP) is -0.374. The summed E-state index contributed by atoms with van der Waals surface area (Å²) in [7, 11) is 0. The summed E-state index contributed by atoms with van der Waals surface area (Å²) in [5.74, 6) is 0.160. The van der Waals surface area contributed by atoms with Crippen molar-refractivity contribution in [1.29, 1.82) is 0 Å². The van der Waals surface area contributed by atoms with Crippen molar-refractivity contribution in [1.82, 2.24) is 5.32 Å². The Kier molecular flexibility index (Phi) is 5.59. The molecule has 7 nitrogen and oxygen atoms in total. The second kappa shape index (κ2) is 7.27. The maximum absolute atomic E-state index is 11.4. The maximum Gasteiger partial charge on any atom is 0.223 e. The highest BCUT2D eigenvalue weighted by Crippen LogP contribution is 2.27. The van der Waals surface area contributed by atoms with E-state index in [1.807, 2.05) is 32.0 Å². The van der Waals surface area contributed by atoms with Gasteiger partial charge in [0, 0.05) is 6.92 Å². The molecule has 1 fully saturated rings. The average molecular weight is 325 g/mol. The van der Waals surface area contributed by atoms with Crippen LogP contribution in [-0.4, -0.2) is 58.5 Å². The largest absolute Gasteiger partial charge is 0.462 e. The number of ether oxygens (including phenoxy) is 2. The summed E-state index contributed by atoms with van der Waals surface area (Å²) in [6.45, 7) is 4.60. The van der Waals surface area contributed by atoms with Gasteiger partial charge in [-0.3, -0.25) is 4.79 Å². The van der Waals surface area contributed by atoms with Crippen LogP contribution in [0.4, 0.5) is 0 Å². The van der Waals surface area contributed by atoms with Crippen molar-refractivity contribution in [3.05, 3.63) is 29.3 Å². The fourth-order valence-corrected chi connectivity index (χ4v) is 2.53. The molecule has 23 heavy (non-hydrogen) atoms. The molecule has 7 heteroatoms. The Bertz CT molecular complexity index is 564. The first-order chi connectivity index (χ1) is 10.8. The first-order valence-corrected chi connectivity index (χ1v) is 7.47. The molecule has 1 heterocycles. The number of aliphatic hydroxyl groups is 3. The van der Waals surface area contributed by atoms with Crippen molar-refractivity contribution >= 4 is 5.91 Å². The molecule has 0 saturated carbocycles. The van der Waals surface area contributed by atoms with Crippen molar-refractivity contribution in [2.45, 2.75) is 51.4 Å². The lowest BCUT2D eigenvalue weighted by Crippen LogP contribution is -2.65. The van der Waals surface area contributed by atoms with E-state index in [2.05, 4.69) is 5.32 Å². The maximum atomic E-state index is 11.4. The Morgan fingerprint density at radius 3 is 2.61 bits per heavy atom. The monoisotopic (exact) mass is 325 g/mol. The first kappa shape index (κ1) is 17.7. The molecule has 1 aromatic rings. The van der Waals surface area contributed by atoms with Crippen LogP contribution in [0.3, 0.4) is 0 Å². The molecule has 1 aromatic carbocycles. The zero-order valence-corrected chi connectivity index (χ0v) is 13.4. The van der Waals surface area contributed by atoms with Crippen LogP contribution in [0.5, 0.6) is 5.75 Å². The van der Waals surface area contributed by atoms with E-state index in [9.17, 15) is 20.1 Å². The fraction of sp³-hybridized carbons (Fsp3) is 0.562. The second-order valence-electron chi connectivity index (χ2n) is 5.82. The minimum atomic E-state index is -1.32. The van der Waals surface area contributed by atoms with Gasteiger partial charge in [0.05, 0.1) is 6.61 Å². The van der Waals surface area contributed by atoms with Gasteiger partial charge in [-0.05, 0) is 31.0 Å². The molecule has 2 rings (SSSR count). The van der Waals surface area contributed by atoms with E-state index >= 15 is 0 Å². The molecule has 1 aliphatic heterocycles. The Labute approximate surface area is 134 Å². The second-order valence-corrected chi connectivity index (χ2v) is 5.82. The normalized spacial score (nSPS) is 30.8. The van der Waals surface area contributed by atoms with Crippen LogP contribution in [0.15, 0.2) is 18.2 Å². The molecule has 0 spiro atoms. The van der Waals surface area contributed by atoms with Gasteiger partial charge in [-0.1, -0.05) is 12.1 Å². The van der Waals surface area contributed by atoms with E-state index in [0.717, 1.165) is 11.1 Å². The van der Waals surface area contributed by atoms with Gasteiger partial charge in [0.1, 0.15) is 30.1 Å². The van der Waals surface area contributed by atoms with Crippen LogP contribution in [0.1, 0.15) is 18.1 Å². The first-order valence-electron chi connectivity index (χ1n) is 7.47. The van der Waals surface area contributed by atoms with E-state index in [0.29, 0.717) is 5.75 Å². The van der Waals surface area contributed by atoms with Crippen molar-refractivity contribution < 1.29 is 29.6 Å². The molecule has 0 aromatic heterocycles. The highest BCUT2D eigenvalue weighted by molar-refractivity contribution is 5.73. The number of benzene rings is 1. The summed E-state index contributed by atoms with van der Waals surface area (Å²) in [6.07, 6.45) is -4.67. The van der Waals surface area contributed by atoms with Crippen molar-refractivity contribution in [2.24, 2.45) is 0 Å². The van der Waals surface area contributed by atoms with Crippen LogP contribution in [0.25, 0.3) is 0 Å². The quantitative estimate of drug-likeness (QED) is 0.601. The van der Waals surface area contributed by atoms with Crippen LogP contribution < -0.4 is 10.1 Å². The zero-order valence-electron chi connectivity index (χ0n) is 13.4. The number of carbonyl (C=O) groups is 1. The topological polar surface area (TPSA) is 108 Å². The number of aryl methyl sites for hydroxylation is 2. The molecule has 1 aliphatic rings. The third-order valence-electron chi connectivity index (χ3n) is 3.84. The van der Waals surface area contributed by atoms with Crippen LogP contribution in [0, 0.1) is 13.8 Å².